The molecule has 158 valence electrons. The Morgan fingerprint density at radius 1 is 0.935 bits per heavy atom. The number of rotatable bonds is 2. The first-order valence-electron chi connectivity index (χ1n) is 10.3. The molecule has 0 amide bonds. The minimum atomic E-state index is -0.108. The van der Waals surface area contributed by atoms with Crippen molar-refractivity contribution in [3.63, 3.8) is 0 Å². The van der Waals surface area contributed by atoms with Gasteiger partial charge in [-0.1, -0.05) is 34.8 Å². The maximum Gasteiger partial charge on any atom is 0.149 e. The van der Waals surface area contributed by atoms with Crippen LogP contribution in [0.15, 0.2) is 42.5 Å². The van der Waals surface area contributed by atoms with Crippen LogP contribution in [-0.2, 0) is 0 Å². The van der Waals surface area contributed by atoms with Crippen molar-refractivity contribution in [3.8, 4) is 16.9 Å². The number of nitrogens with one attached hydrogen (secondary N) is 1. The SMILES string of the molecule is Cc1cc(C)c2c(c1)-c1cc(C)nn1C(c1cc(C)n(-c3ccc(Cl)cc3Cl)c1C)N2. The molecule has 4 nitrogen and oxygen atoms in total. The van der Waals surface area contributed by atoms with Crippen LogP contribution in [0.1, 0.15) is 39.9 Å². The minimum absolute atomic E-state index is 0.108. The van der Waals surface area contributed by atoms with E-state index in [1.807, 2.05) is 19.1 Å². The second-order valence-corrected chi connectivity index (χ2v) is 9.27. The molecule has 1 atom stereocenters. The molecule has 0 fully saturated rings. The summed E-state index contributed by atoms with van der Waals surface area (Å²) in [5, 5.41) is 9.88. The van der Waals surface area contributed by atoms with Crippen molar-refractivity contribution in [2.75, 3.05) is 5.32 Å². The van der Waals surface area contributed by atoms with Crippen LogP contribution in [0, 0.1) is 34.6 Å². The van der Waals surface area contributed by atoms with Crippen LogP contribution in [-0.4, -0.2) is 14.3 Å². The van der Waals surface area contributed by atoms with E-state index in [0.717, 1.165) is 34.2 Å². The molecule has 0 spiro atoms. The van der Waals surface area contributed by atoms with E-state index in [1.165, 1.54) is 22.3 Å². The number of hydrogen-bond acceptors (Lipinski definition) is 2. The summed E-state index contributed by atoms with van der Waals surface area (Å²) in [6, 6.07) is 14.5. The molecule has 1 unspecified atom stereocenters. The van der Waals surface area contributed by atoms with Crippen molar-refractivity contribution in [1.82, 2.24) is 14.3 Å². The van der Waals surface area contributed by atoms with E-state index in [1.54, 1.807) is 6.07 Å². The molecule has 31 heavy (non-hydrogen) atoms. The first-order chi connectivity index (χ1) is 14.7. The van der Waals surface area contributed by atoms with Gasteiger partial charge in [0.15, 0.2) is 0 Å². The van der Waals surface area contributed by atoms with Gasteiger partial charge in [0.2, 0.25) is 0 Å². The summed E-state index contributed by atoms with van der Waals surface area (Å²) in [7, 11) is 0. The normalized spacial score (nSPS) is 14.9. The smallest absolute Gasteiger partial charge is 0.149 e. The van der Waals surface area contributed by atoms with E-state index in [-0.39, 0.29) is 6.17 Å². The average Bonchev–Trinajstić information content (AvgIpc) is 3.22. The topological polar surface area (TPSA) is 34.8 Å². The fraction of sp³-hybridized carbons (Fsp3) is 0.240. The van der Waals surface area contributed by atoms with E-state index in [9.17, 15) is 0 Å². The Hall–Kier alpha value is -2.69. The highest BCUT2D eigenvalue weighted by Gasteiger charge is 2.30. The van der Waals surface area contributed by atoms with Crippen LogP contribution in [0.3, 0.4) is 0 Å². The van der Waals surface area contributed by atoms with Gasteiger partial charge in [0.1, 0.15) is 6.17 Å². The lowest BCUT2D eigenvalue weighted by Gasteiger charge is -2.31. The van der Waals surface area contributed by atoms with Crippen LogP contribution in [0.2, 0.25) is 10.0 Å². The lowest BCUT2D eigenvalue weighted by atomic mass is 9.98. The number of hydrogen-bond donors (Lipinski definition) is 1. The standard InChI is InChI=1S/C25H24Cl2N4/c1-13-8-14(2)24-20(9-13)23-10-15(3)29-31(23)25(28-24)19-11-16(4)30(17(19)5)22-7-6-18(26)12-21(22)27/h6-12,25,28H,1-5H3. The Balaban J connectivity index is 1.70. The summed E-state index contributed by atoms with van der Waals surface area (Å²) in [6.45, 7) is 10.6. The average molecular weight is 451 g/mol. The zero-order chi connectivity index (χ0) is 22.0. The van der Waals surface area contributed by atoms with Gasteiger partial charge in [0.05, 0.1) is 22.1 Å². The van der Waals surface area contributed by atoms with Crippen LogP contribution in [0.25, 0.3) is 16.9 Å². The summed E-state index contributed by atoms with van der Waals surface area (Å²) in [5.41, 5.74) is 11.3. The van der Waals surface area contributed by atoms with Gasteiger partial charge in [-0.2, -0.15) is 5.10 Å². The maximum atomic E-state index is 6.55. The Morgan fingerprint density at radius 2 is 1.71 bits per heavy atom. The largest absolute Gasteiger partial charge is 0.359 e. The lowest BCUT2D eigenvalue weighted by Crippen LogP contribution is -2.26. The highest BCUT2D eigenvalue weighted by Crippen LogP contribution is 2.42. The second-order valence-electron chi connectivity index (χ2n) is 8.42. The van der Waals surface area contributed by atoms with Crippen molar-refractivity contribution in [2.24, 2.45) is 0 Å². The molecule has 5 rings (SSSR count). The fourth-order valence-electron chi connectivity index (χ4n) is 4.78. The van der Waals surface area contributed by atoms with Gasteiger partial charge in [0, 0.05) is 33.2 Å². The summed E-state index contributed by atoms with van der Waals surface area (Å²) in [5.74, 6) is 0. The van der Waals surface area contributed by atoms with Crippen LogP contribution < -0.4 is 5.32 Å². The van der Waals surface area contributed by atoms with Crippen molar-refractivity contribution >= 4 is 28.9 Å². The number of aryl methyl sites for hydroxylation is 4. The van der Waals surface area contributed by atoms with E-state index < -0.39 is 0 Å². The third-order valence-electron chi connectivity index (χ3n) is 6.05. The zero-order valence-corrected chi connectivity index (χ0v) is 19.7. The van der Waals surface area contributed by atoms with Crippen LogP contribution >= 0.6 is 23.2 Å². The molecule has 1 aliphatic rings. The van der Waals surface area contributed by atoms with Gasteiger partial charge in [-0.3, -0.25) is 0 Å². The molecule has 0 aliphatic carbocycles. The third kappa shape index (κ3) is 3.17. The molecule has 2 aromatic carbocycles. The Morgan fingerprint density at radius 3 is 2.45 bits per heavy atom. The second kappa shape index (κ2) is 7.18. The Kier molecular flexibility index (Phi) is 4.68. The summed E-state index contributed by atoms with van der Waals surface area (Å²) < 4.78 is 4.29. The number of benzene rings is 2. The monoisotopic (exact) mass is 450 g/mol. The van der Waals surface area contributed by atoms with Gasteiger partial charge in [-0.15, -0.1) is 0 Å². The van der Waals surface area contributed by atoms with E-state index in [2.05, 4.69) is 66.5 Å². The summed E-state index contributed by atoms with van der Waals surface area (Å²) in [4.78, 5) is 0. The molecule has 0 saturated carbocycles. The van der Waals surface area contributed by atoms with Gasteiger partial charge in [-0.25, -0.2) is 4.68 Å². The molecule has 0 radical (unpaired) electrons. The quantitative estimate of drug-likeness (QED) is 0.351. The first kappa shape index (κ1) is 20.2. The summed E-state index contributed by atoms with van der Waals surface area (Å²) in [6.07, 6.45) is -0.108. The predicted molar refractivity (Wildman–Crippen MR) is 129 cm³/mol. The molecular weight excluding hydrogens is 427 g/mol. The molecule has 2 aromatic heterocycles. The van der Waals surface area contributed by atoms with E-state index in [4.69, 9.17) is 28.3 Å². The number of halogens is 2. The highest BCUT2D eigenvalue weighted by molar-refractivity contribution is 6.35. The Labute approximate surface area is 192 Å². The number of fused-ring (bicyclic) bond motifs is 3. The molecule has 1 N–H and O–H groups in total. The molecule has 4 aromatic rings. The van der Waals surface area contributed by atoms with Gasteiger partial charge in [0.25, 0.3) is 0 Å². The number of nitrogens with zero attached hydrogens (tertiary/aromatic N) is 3. The molecule has 6 heteroatoms. The zero-order valence-electron chi connectivity index (χ0n) is 18.2. The minimum Gasteiger partial charge on any atom is -0.359 e. The lowest BCUT2D eigenvalue weighted by molar-refractivity contribution is 0.567. The third-order valence-corrected chi connectivity index (χ3v) is 6.59. The molecule has 0 saturated heterocycles. The van der Waals surface area contributed by atoms with Crippen molar-refractivity contribution in [3.05, 3.63) is 86.3 Å². The Bertz CT molecular complexity index is 1350. The van der Waals surface area contributed by atoms with Gasteiger partial charge >= 0.3 is 0 Å². The van der Waals surface area contributed by atoms with E-state index >= 15 is 0 Å². The number of aromatic nitrogens is 3. The fourth-order valence-corrected chi connectivity index (χ4v) is 5.27. The van der Waals surface area contributed by atoms with E-state index in [0.29, 0.717) is 10.0 Å². The van der Waals surface area contributed by atoms with Crippen molar-refractivity contribution in [1.29, 1.82) is 0 Å². The van der Waals surface area contributed by atoms with Gasteiger partial charge < -0.3 is 9.88 Å². The van der Waals surface area contributed by atoms with Crippen molar-refractivity contribution in [2.45, 2.75) is 40.8 Å². The van der Waals surface area contributed by atoms with Crippen molar-refractivity contribution < 1.29 is 0 Å². The molecule has 0 bridgehead atoms. The molecular formula is C25H24Cl2N4. The highest BCUT2D eigenvalue weighted by atomic mass is 35.5. The summed E-state index contributed by atoms with van der Waals surface area (Å²) >= 11 is 12.7. The van der Waals surface area contributed by atoms with Gasteiger partial charge in [-0.05, 0) is 76.6 Å². The molecule has 1 aliphatic heterocycles. The van der Waals surface area contributed by atoms with Crippen LogP contribution in [0.5, 0.6) is 0 Å². The molecule has 3 heterocycles. The predicted octanol–water partition coefficient (Wildman–Crippen LogP) is 7.16. The first-order valence-corrected chi connectivity index (χ1v) is 11.1. The van der Waals surface area contributed by atoms with Crippen LogP contribution in [0.4, 0.5) is 5.69 Å². The maximum absolute atomic E-state index is 6.55. The number of anilines is 1.